The summed E-state index contributed by atoms with van der Waals surface area (Å²) in [6.07, 6.45) is 0.633. The van der Waals surface area contributed by atoms with Crippen molar-refractivity contribution in [1.29, 1.82) is 0 Å². The molecule has 16 heavy (non-hydrogen) atoms. The van der Waals surface area contributed by atoms with Gasteiger partial charge in [0.1, 0.15) is 0 Å². The second-order valence-corrected chi connectivity index (χ2v) is 4.82. The topological polar surface area (TPSA) is 75.3 Å². The molecule has 1 aliphatic heterocycles. The largest absolute Gasteiger partial charge is 0.322 e. The van der Waals surface area contributed by atoms with E-state index in [1.54, 1.807) is 11.4 Å². The lowest BCUT2D eigenvalue weighted by Gasteiger charge is -2.29. The minimum atomic E-state index is -1.01. The minimum Gasteiger partial charge on any atom is -0.319 e. The Morgan fingerprint density at radius 3 is 2.81 bits per heavy atom. The lowest BCUT2D eigenvalue weighted by atomic mass is 9.82. The third kappa shape index (κ3) is 1.02. The number of nitrogens with one attached hydrogen (secondary N) is 2. The van der Waals surface area contributed by atoms with Crippen LogP contribution in [0.1, 0.15) is 28.1 Å². The van der Waals surface area contributed by atoms with Crippen LogP contribution in [0.15, 0.2) is 11.4 Å². The van der Waals surface area contributed by atoms with Gasteiger partial charge in [0.15, 0.2) is 11.3 Å². The Morgan fingerprint density at radius 2 is 2.12 bits per heavy atom. The van der Waals surface area contributed by atoms with Crippen LogP contribution in [0.2, 0.25) is 0 Å². The number of hydrogen-bond acceptors (Lipinski definition) is 4. The second kappa shape index (κ2) is 2.91. The molecule has 0 aromatic carbocycles. The fraction of sp³-hybridized carbons (Fsp3) is 0.300. The number of thiophene rings is 1. The fourth-order valence-corrected chi connectivity index (χ4v) is 3.33. The van der Waals surface area contributed by atoms with Crippen LogP contribution in [-0.4, -0.2) is 17.7 Å². The maximum absolute atomic E-state index is 11.8. The van der Waals surface area contributed by atoms with Gasteiger partial charge >= 0.3 is 6.03 Å². The number of ketones is 1. The maximum atomic E-state index is 11.8. The zero-order valence-corrected chi connectivity index (χ0v) is 9.02. The Balaban J connectivity index is 2.19. The van der Waals surface area contributed by atoms with Crippen molar-refractivity contribution in [1.82, 2.24) is 10.6 Å². The van der Waals surface area contributed by atoms with Crippen molar-refractivity contribution in [2.75, 3.05) is 0 Å². The van der Waals surface area contributed by atoms with E-state index in [-0.39, 0.29) is 18.1 Å². The molecule has 1 unspecified atom stereocenters. The number of carbonyl (C=O) groups excluding carboxylic acids is 3. The monoisotopic (exact) mass is 236 g/mol. The number of carbonyl (C=O) groups is 3. The van der Waals surface area contributed by atoms with Crippen LogP contribution in [0.3, 0.4) is 0 Å². The van der Waals surface area contributed by atoms with Crippen molar-refractivity contribution < 1.29 is 14.4 Å². The molecule has 1 atom stereocenters. The van der Waals surface area contributed by atoms with Crippen LogP contribution in [0.25, 0.3) is 0 Å². The molecular formula is C10H8N2O3S. The van der Waals surface area contributed by atoms with E-state index in [1.807, 2.05) is 0 Å². The van der Waals surface area contributed by atoms with Crippen LogP contribution < -0.4 is 10.6 Å². The van der Waals surface area contributed by atoms with Crippen LogP contribution in [-0.2, 0) is 10.3 Å². The Labute approximate surface area is 94.8 Å². The highest BCUT2D eigenvalue weighted by Gasteiger charge is 2.52. The van der Waals surface area contributed by atoms with Crippen LogP contribution in [0.4, 0.5) is 4.79 Å². The first-order chi connectivity index (χ1) is 7.63. The predicted octanol–water partition coefficient (Wildman–Crippen LogP) is 0.759. The van der Waals surface area contributed by atoms with Crippen LogP contribution in [0.5, 0.6) is 0 Å². The average molecular weight is 236 g/mol. The van der Waals surface area contributed by atoms with Gasteiger partial charge in [0.05, 0.1) is 4.88 Å². The van der Waals surface area contributed by atoms with Crippen molar-refractivity contribution in [3.05, 3.63) is 21.9 Å². The van der Waals surface area contributed by atoms with Crippen molar-refractivity contribution in [2.24, 2.45) is 0 Å². The second-order valence-electron chi connectivity index (χ2n) is 3.90. The van der Waals surface area contributed by atoms with Crippen LogP contribution >= 0.6 is 11.3 Å². The normalized spacial score (nSPS) is 27.9. The number of Topliss-reactive ketones (excluding diaryl/α,β-unsaturated/α-hetero) is 1. The van der Waals surface area contributed by atoms with Gasteiger partial charge in [-0.3, -0.25) is 14.9 Å². The molecule has 5 nitrogen and oxygen atoms in total. The summed E-state index contributed by atoms with van der Waals surface area (Å²) >= 11 is 1.33. The third-order valence-electron chi connectivity index (χ3n) is 3.02. The van der Waals surface area contributed by atoms with Gasteiger partial charge in [-0.25, -0.2) is 4.79 Å². The van der Waals surface area contributed by atoms with E-state index < -0.39 is 11.6 Å². The molecule has 1 aromatic rings. The Morgan fingerprint density at radius 1 is 1.31 bits per heavy atom. The first-order valence-corrected chi connectivity index (χ1v) is 5.76. The first kappa shape index (κ1) is 9.53. The zero-order chi connectivity index (χ0) is 11.3. The molecule has 2 aliphatic rings. The van der Waals surface area contributed by atoms with E-state index >= 15 is 0 Å². The summed E-state index contributed by atoms with van der Waals surface area (Å²) in [6, 6.07) is 1.22. The quantitative estimate of drug-likeness (QED) is 0.653. The van der Waals surface area contributed by atoms with Gasteiger partial charge < -0.3 is 5.32 Å². The van der Waals surface area contributed by atoms with Gasteiger partial charge in [-0.05, 0) is 17.9 Å². The van der Waals surface area contributed by atoms with E-state index in [2.05, 4.69) is 10.6 Å². The Bertz CT molecular complexity index is 522. The van der Waals surface area contributed by atoms with Gasteiger partial charge in [0.25, 0.3) is 5.91 Å². The summed E-state index contributed by atoms with van der Waals surface area (Å²) in [4.78, 5) is 35.3. The van der Waals surface area contributed by atoms with Crippen molar-refractivity contribution >= 4 is 29.1 Å². The molecule has 2 heterocycles. The molecule has 0 saturated carbocycles. The van der Waals surface area contributed by atoms with E-state index in [9.17, 15) is 14.4 Å². The molecule has 2 N–H and O–H groups in total. The average Bonchev–Trinajstić information content (AvgIpc) is 2.80. The highest BCUT2D eigenvalue weighted by molar-refractivity contribution is 7.10. The summed E-state index contributed by atoms with van der Waals surface area (Å²) in [6.45, 7) is 0. The number of fused-ring (bicyclic) bond motifs is 2. The smallest absolute Gasteiger partial charge is 0.319 e. The van der Waals surface area contributed by atoms with Gasteiger partial charge in [-0.2, -0.15) is 0 Å². The first-order valence-electron chi connectivity index (χ1n) is 4.88. The highest BCUT2D eigenvalue weighted by atomic mass is 32.1. The van der Waals surface area contributed by atoms with E-state index in [4.69, 9.17) is 0 Å². The van der Waals surface area contributed by atoms with Gasteiger partial charge in [0.2, 0.25) is 0 Å². The lowest BCUT2D eigenvalue weighted by Crippen LogP contribution is -2.46. The van der Waals surface area contributed by atoms with Crippen molar-refractivity contribution in [3.63, 3.8) is 0 Å². The predicted molar refractivity (Wildman–Crippen MR) is 56.2 cm³/mol. The standard InChI is InChI=1S/C10H8N2O3S/c13-6-1-3-10(7-5(6)2-4-16-7)8(14)11-9(15)12-10/h2,4H,1,3H2,(H2,11,12,14,15). The molecule has 0 radical (unpaired) electrons. The molecular weight excluding hydrogens is 228 g/mol. The highest BCUT2D eigenvalue weighted by Crippen LogP contribution is 2.40. The number of imide groups is 1. The molecule has 1 fully saturated rings. The molecule has 1 aromatic heterocycles. The van der Waals surface area contributed by atoms with Crippen molar-refractivity contribution in [3.8, 4) is 0 Å². The van der Waals surface area contributed by atoms with Crippen LogP contribution in [0, 0.1) is 0 Å². The summed E-state index contributed by atoms with van der Waals surface area (Å²) in [7, 11) is 0. The maximum Gasteiger partial charge on any atom is 0.322 e. The summed E-state index contributed by atoms with van der Waals surface area (Å²) in [5, 5.41) is 6.64. The van der Waals surface area contributed by atoms with Crippen molar-refractivity contribution in [2.45, 2.75) is 18.4 Å². The lowest BCUT2D eigenvalue weighted by molar-refractivity contribution is -0.124. The summed E-state index contributed by atoms with van der Waals surface area (Å²) < 4.78 is 0. The summed E-state index contributed by atoms with van der Waals surface area (Å²) in [5.41, 5.74) is -0.442. The van der Waals surface area contributed by atoms with E-state index in [0.717, 1.165) is 0 Å². The van der Waals surface area contributed by atoms with E-state index in [1.165, 1.54) is 11.3 Å². The molecule has 6 heteroatoms. The van der Waals surface area contributed by atoms with Gasteiger partial charge in [0, 0.05) is 12.0 Å². The number of hydrogen-bond donors (Lipinski definition) is 2. The molecule has 3 rings (SSSR count). The molecule has 1 spiro atoms. The summed E-state index contributed by atoms with van der Waals surface area (Å²) in [5.74, 6) is -0.315. The van der Waals surface area contributed by atoms with Gasteiger partial charge in [-0.1, -0.05) is 0 Å². The molecule has 1 saturated heterocycles. The molecule has 82 valence electrons. The molecule has 1 aliphatic carbocycles. The minimum absolute atomic E-state index is 0.0378. The SMILES string of the molecule is O=C1NC(=O)C2(CCC(=O)c3ccsc32)N1. The molecule has 0 bridgehead atoms. The number of urea groups is 1. The van der Waals surface area contributed by atoms with Gasteiger partial charge in [-0.15, -0.1) is 11.3 Å². The molecule has 3 amide bonds. The Kier molecular flexibility index (Phi) is 1.74. The third-order valence-corrected chi connectivity index (χ3v) is 4.10. The number of rotatable bonds is 0. The Hall–Kier alpha value is -1.69. The number of amides is 3. The van der Waals surface area contributed by atoms with E-state index in [0.29, 0.717) is 16.9 Å². The fourth-order valence-electron chi connectivity index (χ4n) is 2.24. The zero-order valence-electron chi connectivity index (χ0n) is 8.20.